The number of nitrogens with two attached hydrogens (primary N) is 1. The van der Waals surface area contributed by atoms with Crippen LogP contribution in [0, 0.1) is 0 Å². The lowest BCUT2D eigenvalue weighted by molar-refractivity contribution is 0.594. The fourth-order valence-corrected chi connectivity index (χ4v) is 1.77. The summed E-state index contributed by atoms with van der Waals surface area (Å²) in [6, 6.07) is 6.05. The Kier molecular flexibility index (Phi) is 1.34. The summed E-state index contributed by atoms with van der Waals surface area (Å²) in [6.45, 7) is 4.40. The third-order valence-electron chi connectivity index (χ3n) is 2.23. The molecule has 0 atom stereocenters. The van der Waals surface area contributed by atoms with Crippen LogP contribution in [0.5, 0.6) is 0 Å². The van der Waals surface area contributed by atoms with Gasteiger partial charge >= 0.3 is 0 Å². The Bertz CT molecular complexity index is 316. The van der Waals surface area contributed by atoms with Crippen molar-refractivity contribution in [1.82, 2.24) is 0 Å². The van der Waals surface area contributed by atoms with E-state index in [9.17, 15) is 0 Å². The molecular weight excluding hydrogens is 148 g/mol. The highest BCUT2D eigenvalue weighted by molar-refractivity contribution is 5.63. The van der Waals surface area contributed by atoms with Crippen LogP contribution in [0.4, 0.5) is 11.4 Å². The third-order valence-corrected chi connectivity index (χ3v) is 2.23. The minimum atomic E-state index is 0.191. The standard InChI is InChI=1S/C10H14N2/c1-10(2)6-7-5-8(11)3-4-9(7)12-10/h3-5,12H,6,11H2,1-2H3. The zero-order valence-corrected chi connectivity index (χ0v) is 7.52. The second kappa shape index (κ2) is 2.16. The smallest absolute Gasteiger partial charge is 0.0379 e. The van der Waals surface area contributed by atoms with Crippen LogP contribution in [0.2, 0.25) is 0 Å². The summed E-state index contributed by atoms with van der Waals surface area (Å²) in [7, 11) is 0. The van der Waals surface area contributed by atoms with E-state index < -0.39 is 0 Å². The van der Waals surface area contributed by atoms with E-state index in [1.807, 2.05) is 6.07 Å². The van der Waals surface area contributed by atoms with E-state index in [-0.39, 0.29) is 5.54 Å². The third kappa shape index (κ3) is 1.13. The molecule has 0 saturated carbocycles. The molecule has 1 aromatic rings. The highest BCUT2D eigenvalue weighted by atomic mass is 15.0. The van der Waals surface area contributed by atoms with Crippen LogP contribution in [0.3, 0.4) is 0 Å². The number of nitrogen functional groups attached to an aromatic ring is 1. The number of anilines is 2. The van der Waals surface area contributed by atoms with Gasteiger partial charge in [-0.1, -0.05) is 0 Å². The number of hydrogen-bond acceptors (Lipinski definition) is 2. The second-order valence-electron chi connectivity index (χ2n) is 4.10. The van der Waals surface area contributed by atoms with Crippen molar-refractivity contribution >= 4 is 11.4 Å². The molecule has 0 bridgehead atoms. The predicted octanol–water partition coefficient (Wildman–Crippen LogP) is 2.02. The van der Waals surface area contributed by atoms with Crippen molar-refractivity contribution in [2.75, 3.05) is 11.1 Å². The van der Waals surface area contributed by atoms with Gasteiger partial charge in [-0.15, -0.1) is 0 Å². The Morgan fingerprint density at radius 2 is 2.17 bits per heavy atom. The largest absolute Gasteiger partial charge is 0.399 e. The zero-order valence-electron chi connectivity index (χ0n) is 7.52. The molecule has 1 aliphatic heterocycles. The molecule has 0 spiro atoms. The summed E-state index contributed by atoms with van der Waals surface area (Å²) in [5, 5.41) is 3.45. The molecule has 2 heteroatoms. The quantitative estimate of drug-likeness (QED) is 0.573. The van der Waals surface area contributed by atoms with Crippen molar-refractivity contribution in [3.05, 3.63) is 23.8 Å². The molecule has 1 aromatic carbocycles. The number of nitrogens with one attached hydrogen (secondary N) is 1. The van der Waals surface area contributed by atoms with E-state index in [1.165, 1.54) is 11.3 Å². The molecule has 0 unspecified atom stereocenters. The lowest BCUT2D eigenvalue weighted by atomic mass is 10.0. The van der Waals surface area contributed by atoms with Crippen molar-refractivity contribution in [2.24, 2.45) is 0 Å². The minimum Gasteiger partial charge on any atom is -0.399 e. The lowest BCUT2D eigenvalue weighted by Gasteiger charge is -2.17. The van der Waals surface area contributed by atoms with Gasteiger partial charge in [0.1, 0.15) is 0 Å². The molecule has 2 nitrogen and oxygen atoms in total. The minimum absolute atomic E-state index is 0.191. The topological polar surface area (TPSA) is 38.0 Å². The van der Waals surface area contributed by atoms with Crippen LogP contribution in [-0.4, -0.2) is 5.54 Å². The van der Waals surface area contributed by atoms with E-state index in [4.69, 9.17) is 5.73 Å². The average molecular weight is 162 g/mol. The van der Waals surface area contributed by atoms with Gasteiger partial charge in [0.15, 0.2) is 0 Å². The first-order valence-electron chi connectivity index (χ1n) is 4.23. The van der Waals surface area contributed by atoms with Gasteiger partial charge in [0.25, 0.3) is 0 Å². The first-order valence-corrected chi connectivity index (χ1v) is 4.23. The van der Waals surface area contributed by atoms with E-state index in [0.717, 1.165) is 12.1 Å². The van der Waals surface area contributed by atoms with E-state index in [2.05, 4.69) is 31.3 Å². The SMILES string of the molecule is CC1(C)Cc2cc(N)ccc2N1. The fourth-order valence-electron chi connectivity index (χ4n) is 1.77. The molecule has 12 heavy (non-hydrogen) atoms. The second-order valence-corrected chi connectivity index (χ2v) is 4.10. The number of hydrogen-bond donors (Lipinski definition) is 2. The Labute approximate surface area is 72.8 Å². The molecule has 0 saturated heterocycles. The van der Waals surface area contributed by atoms with Crippen LogP contribution in [0.25, 0.3) is 0 Å². The molecule has 0 radical (unpaired) electrons. The maximum Gasteiger partial charge on any atom is 0.0379 e. The molecule has 0 aromatic heterocycles. The van der Waals surface area contributed by atoms with Gasteiger partial charge in [0.2, 0.25) is 0 Å². The maximum absolute atomic E-state index is 5.69. The molecule has 3 N–H and O–H groups in total. The van der Waals surface area contributed by atoms with Crippen molar-refractivity contribution in [2.45, 2.75) is 25.8 Å². The molecule has 1 aliphatic rings. The first-order chi connectivity index (χ1) is 5.57. The van der Waals surface area contributed by atoms with E-state index >= 15 is 0 Å². The molecule has 2 rings (SSSR count). The Hall–Kier alpha value is -1.18. The Morgan fingerprint density at radius 1 is 1.42 bits per heavy atom. The Morgan fingerprint density at radius 3 is 2.92 bits per heavy atom. The average Bonchev–Trinajstić information content (AvgIpc) is 2.21. The monoisotopic (exact) mass is 162 g/mol. The van der Waals surface area contributed by atoms with E-state index in [1.54, 1.807) is 0 Å². The lowest BCUT2D eigenvalue weighted by Crippen LogP contribution is -2.26. The number of rotatable bonds is 0. The maximum atomic E-state index is 5.69. The highest BCUT2D eigenvalue weighted by Gasteiger charge is 2.26. The summed E-state index contributed by atoms with van der Waals surface area (Å²) in [5.41, 5.74) is 9.30. The number of fused-ring (bicyclic) bond motifs is 1. The van der Waals surface area contributed by atoms with Crippen molar-refractivity contribution < 1.29 is 0 Å². The van der Waals surface area contributed by atoms with Crippen LogP contribution < -0.4 is 11.1 Å². The summed E-state index contributed by atoms with van der Waals surface area (Å²) in [5.74, 6) is 0. The van der Waals surface area contributed by atoms with Crippen LogP contribution in [0.1, 0.15) is 19.4 Å². The van der Waals surface area contributed by atoms with Gasteiger partial charge in [-0.2, -0.15) is 0 Å². The molecule has 1 heterocycles. The predicted molar refractivity (Wildman–Crippen MR) is 52.3 cm³/mol. The van der Waals surface area contributed by atoms with Gasteiger partial charge < -0.3 is 11.1 Å². The van der Waals surface area contributed by atoms with Gasteiger partial charge in [-0.3, -0.25) is 0 Å². The summed E-state index contributed by atoms with van der Waals surface area (Å²) >= 11 is 0. The molecule has 0 fully saturated rings. The van der Waals surface area contributed by atoms with Crippen molar-refractivity contribution in [1.29, 1.82) is 0 Å². The van der Waals surface area contributed by atoms with Crippen LogP contribution in [-0.2, 0) is 6.42 Å². The molecule has 0 aliphatic carbocycles. The summed E-state index contributed by atoms with van der Waals surface area (Å²) in [4.78, 5) is 0. The van der Waals surface area contributed by atoms with Gasteiger partial charge in [-0.25, -0.2) is 0 Å². The Balaban J connectivity index is 2.43. The molecule has 0 amide bonds. The van der Waals surface area contributed by atoms with Crippen LogP contribution >= 0.6 is 0 Å². The van der Waals surface area contributed by atoms with Gasteiger partial charge in [-0.05, 0) is 44.0 Å². The summed E-state index contributed by atoms with van der Waals surface area (Å²) < 4.78 is 0. The van der Waals surface area contributed by atoms with Gasteiger partial charge in [0, 0.05) is 16.9 Å². The fraction of sp³-hybridized carbons (Fsp3) is 0.400. The zero-order chi connectivity index (χ0) is 8.77. The normalized spacial score (nSPS) is 18.5. The van der Waals surface area contributed by atoms with Gasteiger partial charge in [0.05, 0.1) is 0 Å². The van der Waals surface area contributed by atoms with Crippen molar-refractivity contribution in [3.8, 4) is 0 Å². The summed E-state index contributed by atoms with van der Waals surface area (Å²) in [6.07, 6.45) is 1.06. The first kappa shape index (κ1) is 7.47. The highest BCUT2D eigenvalue weighted by Crippen LogP contribution is 2.32. The molecular formula is C10H14N2. The van der Waals surface area contributed by atoms with Crippen molar-refractivity contribution in [3.63, 3.8) is 0 Å². The number of benzene rings is 1. The van der Waals surface area contributed by atoms with E-state index in [0.29, 0.717) is 0 Å². The molecule has 64 valence electrons. The van der Waals surface area contributed by atoms with Crippen LogP contribution in [0.15, 0.2) is 18.2 Å².